The van der Waals surface area contributed by atoms with Crippen LogP contribution in [-0.4, -0.2) is 22.0 Å². The van der Waals surface area contributed by atoms with E-state index in [-0.39, 0.29) is 17.3 Å². The lowest BCUT2D eigenvalue weighted by Crippen LogP contribution is -2.30. The zero-order valence-electron chi connectivity index (χ0n) is 8.20. The Labute approximate surface area is 92.6 Å². The molecule has 1 aromatic rings. The molecule has 0 aliphatic carbocycles. The highest BCUT2D eigenvalue weighted by Gasteiger charge is 2.13. The van der Waals surface area contributed by atoms with Crippen LogP contribution >= 0.6 is 11.8 Å². The van der Waals surface area contributed by atoms with Gasteiger partial charge in [-0.15, -0.1) is 0 Å². The van der Waals surface area contributed by atoms with Gasteiger partial charge in [0.15, 0.2) is 11.5 Å². The predicted molar refractivity (Wildman–Crippen MR) is 56.9 cm³/mol. The standard InChI is InChI=1S/C10H12ClNO3/c1-6(13)8(12-11)4-7-2-3-9(14)10(15)5-7/h2-3,5,8,12,14-15H,4H2,1H3/t8-/m0/s1. The van der Waals surface area contributed by atoms with Crippen molar-refractivity contribution in [2.24, 2.45) is 0 Å². The number of hydrogen-bond donors (Lipinski definition) is 3. The first-order valence-electron chi connectivity index (χ1n) is 4.42. The average molecular weight is 230 g/mol. The van der Waals surface area contributed by atoms with E-state index in [1.54, 1.807) is 6.07 Å². The van der Waals surface area contributed by atoms with Crippen LogP contribution in [0.5, 0.6) is 11.5 Å². The summed E-state index contributed by atoms with van der Waals surface area (Å²) in [6.45, 7) is 1.43. The van der Waals surface area contributed by atoms with Crippen LogP contribution in [-0.2, 0) is 11.2 Å². The van der Waals surface area contributed by atoms with E-state index < -0.39 is 6.04 Å². The molecule has 1 atom stereocenters. The first-order valence-corrected chi connectivity index (χ1v) is 4.80. The third-order valence-electron chi connectivity index (χ3n) is 2.10. The number of carbonyl (C=O) groups is 1. The molecule has 0 fully saturated rings. The maximum atomic E-state index is 11.1. The minimum Gasteiger partial charge on any atom is -0.504 e. The quantitative estimate of drug-likeness (QED) is 0.538. The fourth-order valence-electron chi connectivity index (χ4n) is 1.19. The van der Waals surface area contributed by atoms with Crippen molar-refractivity contribution in [1.82, 2.24) is 4.84 Å². The van der Waals surface area contributed by atoms with E-state index >= 15 is 0 Å². The topological polar surface area (TPSA) is 69.6 Å². The minimum atomic E-state index is -0.490. The van der Waals surface area contributed by atoms with Gasteiger partial charge in [-0.1, -0.05) is 6.07 Å². The lowest BCUT2D eigenvalue weighted by Gasteiger charge is -2.11. The Bertz CT molecular complexity index is 368. The Hall–Kier alpha value is -1.26. The average Bonchev–Trinajstić information content (AvgIpc) is 2.19. The highest BCUT2D eigenvalue weighted by molar-refractivity contribution is 6.15. The largest absolute Gasteiger partial charge is 0.504 e. The maximum Gasteiger partial charge on any atom is 0.157 e. The molecule has 3 N–H and O–H groups in total. The van der Waals surface area contributed by atoms with Crippen molar-refractivity contribution in [2.75, 3.05) is 0 Å². The highest BCUT2D eigenvalue weighted by atomic mass is 35.5. The number of benzene rings is 1. The Morgan fingerprint density at radius 1 is 1.47 bits per heavy atom. The molecular formula is C10H12ClNO3. The third-order valence-corrected chi connectivity index (χ3v) is 2.37. The van der Waals surface area contributed by atoms with Crippen LogP contribution in [0.4, 0.5) is 0 Å². The van der Waals surface area contributed by atoms with Crippen LogP contribution in [0, 0.1) is 0 Å². The Balaban J connectivity index is 2.80. The number of phenols is 2. The molecule has 5 heteroatoms. The molecule has 0 spiro atoms. The van der Waals surface area contributed by atoms with E-state index in [1.165, 1.54) is 19.1 Å². The summed E-state index contributed by atoms with van der Waals surface area (Å²) in [6.07, 6.45) is 0.368. The number of rotatable bonds is 4. The van der Waals surface area contributed by atoms with E-state index in [2.05, 4.69) is 4.84 Å². The van der Waals surface area contributed by atoms with Crippen molar-refractivity contribution in [3.05, 3.63) is 23.8 Å². The molecule has 0 heterocycles. The fourth-order valence-corrected chi connectivity index (χ4v) is 1.42. The van der Waals surface area contributed by atoms with Crippen molar-refractivity contribution in [3.63, 3.8) is 0 Å². The molecule has 0 aliphatic heterocycles. The molecule has 0 saturated carbocycles. The van der Waals surface area contributed by atoms with Crippen LogP contribution in [0.1, 0.15) is 12.5 Å². The Kier molecular flexibility index (Phi) is 3.94. The summed E-state index contributed by atoms with van der Waals surface area (Å²) >= 11 is 5.40. The second-order valence-electron chi connectivity index (χ2n) is 3.30. The van der Waals surface area contributed by atoms with Crippen molar-refractivity contribution < 1.29 is 15.0 Å². The number of phenolic OH excluding ortho intramolecular Hbond substituents is 2. The van der Waals surface area contributed by atoms with Crippen molar-refractivity contribution in [3.8, 4) is 11.5 Å². The molecule has 0 aliphatic rings. The molecular weight excluding hydrogens is 218 g/mol. The highest BCUT2D eigenvalue weighted by Crippen LogP contribution is 2.25. The van der Waals surface area contributed by atoms with Crippen LogP contribution < -0.4 is 4.84 Å². The number of hydrogen-bond acceptors (Lipinski definition) is 4. The third kappa shape index (κ3) is 3.11. The molecule has 15 heavy (non-hydrogen) atoms. The van der Waals surface area contributed by atoms with Gasteiger partial charge < -0.3 is 10.2 Å². The monoisotopic (exact) mass is 229 g/mol. The van der Waals surface area contributed by atoms with Crippen molar-refractivity contribution in [1.29, 1.82) is 0 Å². The summed E-state index contributed by atoms with van der Waals surface area (Å²) in [4.78, 5) is 13.4. The van der Waals surface area contributed by atoms with E-state index in [0.29, 0.717) is 6.42 Å². The van der Waals surface area contributed by atoms with Gasteiger partial charge >= 0.3 is 0 Å². The summed E-state index contributed by atoms with van der Waals surface area (Å²) in [5.74, 6) is -0.473. The molecule has 0 saturated heterocycles. The van der Waals surface area contributed by atoms with Crippen LogP contribution in [0.25, 0.3) is 0 Å². The smallest absolute Gasteiger partial charge is 0.157 e. The molecule has 82 valence electrons. The second-order valence-corrected chi connectivity index (χ2v) is 3.52. The maximum absolute atomic E-state index is 11.1. The van der Waals surface area contributed by atoms with Gasteiger partial charge in [0.2, 0.25) is 0 Å². The SMILES string of the molecule is CC(=O)[C@H](Cc1ccc(O)c(O)c1)NCl. The zero-order chi connectivity index (χ0) is 11.4. The number of aromatic hydroxyl groups is 2. The molecule has 0 unspecified atom stereocenters. The number of nitrogens with one attached hydrogen (secondary N) is 1. The van der Waals surface area contributed by atoms with E-state index in [9.17, 15) is 9.90 Å². The van der Waals surface area contributed by atoms with Gasteiger partial charge in [-0.3, -0.25) is 4.79 Å². The summed E-state index contributed by atoms with van der Waals surface area (Å²) < 4.78 is 0. The van der Waals surface area contributed by atoms with E-state index in [1.807, 2.05) is 0 Å². The molecule has 0 aromatic heterocycles. The second kappa shape index (κ2) is 5.00. The lowest BCUT2D eigenvalue weighted by atomic mass is 10.0. The van der Waals surface area contributed by atoms with Crippen molar-refractivity contribution in [2.45, 2.75) is 19.4 Å². The number of carbonyl (C=O) groups excluding carboxylic acids is 1. The molecule has 0 bridgehead atoms. The molecule has 0 radical (unpaired) electrons. The summed E-state index contributed by atoms with van der Waals surface area (Å²) in [5.41, 5.74) is 0.721. The van der Waals surface area contributed by atoms with E-state index in [4.69, 9.17) is 16.9 Å². The Morgan fingerprint density at radius 3 is 2.60 bits per heavy atom. The Morgan fingerprint density at radius 2 is 2.13 bits per heavy atom. The number of Topliss-reactive ketones (excluding diaryl/α,β-unsaturated/α-hetero) is 1. The molecule has 1 aromatic carbocycles. The molecule has 0 amide bonds. The van der Waals surface area contributed by atoms with Crippen molar-refractivity contribution >= 4 is 17.6 Å². The van der Waals surface area contributed by atoms with Gasteiger partial charge in [0.1, 0.15) is 5.78 Å². The predicted octanol–water partition coefficient (Wildman–Crippen LogP) is 1.34. The normalized spacial score (nSPS) is 12.4. The number of halogens is 1. The first kappa shape index (κ1) is 11.8. The number of ketones is 1. The summed E-state index contributed by atoms with van der Waals surface area (Å²) in [6, 6.07) is 3.91. The zero-order valence-corrected chi connectivity index (χ0v) is 8.95. The summed E-state index contributed by atoms with van der Waals surface area (Å²) in [5, 5.41) is 18.3. The first-order chi connectivity index (χ1) is 7.04. The fraction of sp³-hybridized carbons (Fsp3) is 0.300. The lowest BCUT2D eigenvalue weighted by molar-refractivity contribution is -0.118. The van der Waals surface area contributed by atoms with Crippen LogP contribution in [0.2, 0.25) is 0 Å². The van der Waals surface area contributed by atoms with Crippen LogP contribution in [0.15, 0.2) is 18.2 Å². The van der Waals surface area contributed by atoms with Gasteiger partial charge in [-0.2, -0.15) is 0 Å². The molecule has 4 nitrogen and oxygen atoms in total. The van der Waals surface area contributed by atoms with Crippen LogP contribution in [0.3, 0.4) is 0 Å². The van der Waals surface area contributed by atoms with Gasteiger partial charge in [0.25, 0.3) is 0 Å². The van der Waals surface area contributed by atoms with Gasteiger partial charge in [-0.25, -0.2) is 4.84 Å². The summed E-state index contributed by atoms with van der Waals surface area (Å²) in [7, 11) is 0. The van der Waals surface area contributed by atoms with Gasteiger partial charge in [0, 0.05) is 0 Å². The minimum absolute atomic E-state index is 0.0856. The molecule has 1 rings (SSSR count). The van der Waals surface area contributed by atoms with Gasteiger partial charge in [-0.05, 0) is 42.8 Å². The van der Waals surface area contributed by atoms with E-state index in [0.717, 1.165) is 5.56 Å². The van der Waals surface area contributed by atoms with Gasteiger partial charge in [0.05, 0.1) is 6.04 Å².